The van der Waals surface area contributed by atoms with E-state index in [9.17, 15) is 4.79 Å². The van der Waals surface area contributed by atoms with Crippen LogP contribution in [0.3, 0.4) is 0 Å². The summed E-state index contributed by atoms with van der Waals surface area (Å²) < 4.78 is 1.54. The average Bonchev–Trinajstić information content (AvgIpc) is 2.57. The van der Waals surface area contributed by atoms with E-state index in [4.69, 9.17) is 5.26 Å². The quantitative estimate of drug-likeness (QED) is 0.803. The highest BCUT2D eigenvalue weighted by molar-refractivity contribution is 5.51. The second-order valence-electron chi connectivity index (χ2n) is 5.80. The largest absolute Gasteiger partial charge is 0.370 e. The number of benzene rings is 1. The van der Waals surface area contributed by atoms with E-state index < -0.39 is 0 Å². The van der Waals surface area contributed by atoms with E-state index in [0.717, 1.165) is 23.1 Å². The van der Waals surface area contributed by atoms with Crippen LogP contribution in [0.5, 0.6) is 0 Å². The average molecular weight is 318 g/mol. The van der Waals surface area contributed by atoms with E-state index >= 15 is 0 Å². The van der Waals surface area contributed by atoms with Gasteiger partial charge in [0.05, 0.1) is 11.6 Å². The lowest BCUT2D eigenvalue weighted by Gasteiger charge is -2.09. The number of pyridine rings is 1. The van der Waals surface area contributed by atoms with Gasteiger partial charge in [-0.3, -0.25) is 9.20 Å². The standard InChI is InChI=1S/C19H18N4O/c1-13-5-6-15(10-16(13)12-20)7-8-21-17-11-18(24)23-9-3-4-14(2)19(23)22-17/h3-6,9-11,21H,7-8H2,1-2H3. The molecule has 0 aliphatic heterocycles. The molecule has 0 saturated heterocycles. The van der Waals surface area contributed by atoms with Crippen molar-refractivity contribution >= 4 is 11.5 Å². The van der Waals surface area contributed by atoms with Crippen LogP contribution in [-0.2, 0) is 6.42 Å². The Balaban J connectivity index is 1.76. The molecule has 0 amide bonds. The summed E-state index contributed by atoms with van der Waals surface area (Å²) >= 11 is 0. The number of nitrogens with one attached hydrogen (secondary N) is 1. The van der Waals surface area contributed by atoms with Crippen molar-refractivity contribution in [1.29, 1.82) is 5.26 Å². The van der Waals surface area contributed by atoms with Crippen molar-refractivity contribution in [3.05, 3.63) is 75.2 Å². The van der Waals surface area contributed by atoms with Crippen molar-refractivity contribution in [1.82, 2.24) is 9.38 Å². The minimum atomic E-state index is -0.103. The molecule has 3 rings (SSSR count). The normalized spacial score (nSPS) is 10.5. The summed E-state index contributed by atoms with van der Waals surface area (Å²) in [5.74, 6) is 0.571. The molecule has 120 valence electrons. The van der Waals surface area contributed by atoms with Gasteiger partial charge < -0.3 is 5.32 Å². The third kappa shape index (κ3) is 3.13. The Morgan fingerprint density at radius 2 is 2.04 bits per heavy atom. The Labute approximate surface area is 140 Å². The summed E-state index contributed by atoms with van der Waals surface area (Å²) in [6.45, 7) is 4.50. The van der Waals surface area contributed by atoms with Gasteiger partial charge in [0, 0.05) is 18.8 Å². The van der Waals surface area contributed by atoms with E-state index in [1.54, 1.807) is 10.6 Å². The first kappa shape index (κ1) is 15.8. The van der Waals surface area contributed by atoms with Crippen molar-refractivity contribution in [3.63, 3.8) is 0 Å². The molecule has 0 spiro atoms. The van der Waals surface area contributed by atoms with Crippen LogP contribution in [0.2, 0.25) is 0 Å². The summed E-state index contributed by atoms with van der Waals surface area (Å²) in [5, 5.41) is 12.3. The lowest BCUT2D eigenvalue weighted by atomic mass is 10.0. The molecule has 0 aliphatic rings. The van der Waals surface area contributed by atoms with E-state index in [1.165, 1.54) is 6.07 Å². The van der Waals surface area contributed by atoms with Crippen molar-refractivity contribution in [3.8, 4) is 6.07 Å². The Bertz CT molecular complexity index is 998. The van der Waals surface area contributed by atoms with Crippen molar-refractivity contribution in [2.24, 2.45) is 0 Å². The van der Waals surface area contributed by atoms with Crippen LogP contribution >= 0.6 is 0 Å². The first-order valence-corrected chi connectivity index (χ1v) is 7.81. The van der Waals surface area contributed by atoms with Gasteiger partial charge in [-0.15, -0.1) is 0 Å². The SMILES string of the molecule is Cc1ccc(CCNc2cc(=O)n3cccc(C)c3n2)cc1C#N. The number of anilines is 1. The maximum absolute atomic E-state index is 12.2. The van der Waals surface area contributed by atoms with E-state index in [2.05, 4.69) is 16.4 Å². The van der Waals surface area contributed by atoms with E-state index in [-0.39, 0.29) is 5.56 Å². The first-order valence-electron chi connectivity index (χ1n) is 7.81. The molecule has 2 heterocycles. The molecule has 5 heteroatoms. The maximum atomic E-state index is 12.2. The molecule has 0 unspecified atom stereocenters. The predicted molar refractivity (Wildman–Crippen MR) is 94.3 cm³/mol. The van der Waals surface area contributed by atoms with E-state index in [1.807, 2.05) is 44.2 Å². The number of fused-ring (bicyclic) bond motifs is 1. The maximum Gasteiger partial charge on any atom is 0.259 e. The van der Waals surface area contributed by atoms with Crippen LogP contribution in [0.25, 0.3) is 5.65 Å². The third-order valence-corrected chi connectivity index (χ3v) is 4.03. The molecule has 0 atom stereocenters. The molecule has 0 bridgehead atoms. The number of rotatable bonds is 4. The third-order valence-electron chi connectivity index (χ3n) is 4.03. The zero-order chi connectivity index (χ0) is 17.1. The zero-order valence-corrected chi connectivity index (χ0v) is 13.7. The highest BCUT2D eigenvalue weighted by Gasteiger charge is 2.05. The Hall–Kier alpha value is -3.13. The Kier molecular flexibility index (Phi) is 4.30. The van der Waals surface area contributed by atoms with Gasteiger partial charge >= 0.3 is 0 Å². The van der Waals surface area contributed by atoms with Crippen LogP contribution in [0, 0.1) is 25.2 Å². The lowest BCUT2D eigenvalue weighted by molar-refractivity contribution is 0.981. The van der Waals surface area contributed by atoms with E-state index in [0.29, 0.717) is 23.6 Å². The number of aryl methyl sites for hydroxylation is 2. The molecule has 0 saturated carbocycles. The number of nitriles is 1. The van der Waals surface area contributed by atoms with Crippen LogP contribution in [-0.4, -0.2) is 15.9 Å². The second kappa shape index (κ2) is 6.55. The molecule has 0 aliphatic carbocycles. The highest BCUT2D eigenvalue weighted by atomic mass is 16.1. The lowest BCUT2D eigenvalue weighted by Crippen LogP contribution is -2.17. The molecule has 5 nitrogen and oxygen atoms in total. The molecule has 3 aromatic rings. The van der Waals surface area contributed by atoms with Gasteiger partial charge in [0.25, 0.3) is 5.56 Å². The second-order valence-corrected chi connectivity index (χ2v) is 5.80. The van der Waals surface area contributed by atoms with Gasteiger partial charge in [-0.05, 0) is 49.1 Å². The van der Waals surface area contributed by atoms with Crippen LogP contribution in [0.15, 0.2) is 47.4 Å². The Morgan fingerprint density at radius 1 is 1.21 bits per heavy atom. The van der Waals surface area contributed by atoms with Crippen molar-refractivity contribution in [2.75, 3.05) is 11.9 Å². The summed E-state index contributed by atoms with van der Waals surface area (Å²) in [6, 6.07) is 13.4. The predicted octanol–water partition coefficient (Wildman–Crippen LogP) is 2.84. The number of nitrogens with zero attached hydrogens (tertiary/aromatic N) is 3. The number of hydrogen-bond donors (Lipinski definition) is 1. The van der Waals surface area contributed by atoms with Gasteiger partial charge in [-0.1, -0.05) is 18.2 Å². The van der Waals surface area contributed by atoms with Crippen molar-refractivity contribution in [2.45, 2.75) is 20.3 Å². The van der Waals surface area contributed by atoms with Crippen molar-refractivity contribution < 1.29 is 0 Å². The minimum absolute atomic E-state index is 0.103. The molecule has 2 aromatic heterocycles. The monoisotopic (exact) mass is 318 g/mol. The highest BCUT2D eigenvalue weighted by Crippen LogP contribution is 2.12. The summed E-state index contributed by atoms with van der Waals surface area (Å²) in [5.41, 5.74) is 4.27. The van der Waals surface area contributed by atoms with Crippen LogP contribution in [0.4, 0.5) is 5.82 Å². The smallest absolute Gasteiger partial charge is 0.259 e. The topological polar surface area (TPSA) is 70.2 Å². The fourth-order valence-electron chi connectivity index (χ4n) is 2.63. The first-order chi connectivity index (χ1) is 11.6. The van der Waals surface area contributed by atoms with Gasteiger partial charge in [0.15, 0.2) is 0 Å². The molecular formula is C19H18N4O. The van der Waals surface area contributed by atoms with Gasteiger partial charge in [0.1, 0.15) is 11.5 Å². The molecular weight excluding hydrogens is 300 g/mol. The van der Waals surface area contributed by atoms with Gasteiger partial charge in [-0.2, -0.15) is 5.26 Å². The number of hydrogen-bond acceptors (Lipinski definition) is 4. The molecule has 0 fully saturated rings. The summed E-state index contributed by atoms with van der Waals surface area (Å²) in [4.78, 5) is 16.7. The molecule has 0 radical (unpaired) electrons. The molecule has 1 N–H and O–H groups in total. The molecule has 24 heavy (non-hydrogen) atoms. The minimum Gasteiger partial charge on any atom is -0.370 e. The molecule has 1 aromatic carbocycles. The fourth-order valence-corrected chi connectivity index (χ4v) is 2.63. The zero-order valence-electron chi connectivity index (χ0n) is 13.7. The summed E-state index contributed by atoms with van der Waals surface area (Å²) in [7, 11) is 0. The Morgan fingerprint density at radius 3 is 2.83 bits per heavy atom. The van der Waals surface area contributed by atoms with Crippen LogP contribution < -0.4 is 10.9 Å². The van der Waals surface area contributed by atoms with Gasteiger partial charge in [0.2, 0.25) is 0 Å². The van der Waals surface area contributed by atoms with Crippen LogP contribution in [0.1, 0.15) is 22.3 Å². The van der Waals surface area contributed by atoms with Gasteiger partial charge in [-0.25, -0.2) is 4.98 Å². The summed E-state index contributed by atoms with van der Waals surface area (Å²) in [6.07, 6.45) is 2.47. The fraction of sp³-hybridized carbons (Fsp3) is 0.211. The number of aromatic nitrogens is 2.